The number of rotatable bonds is 4. The monoisotopic (exact) mass is 492 g/mol. The Labute approximate surface area is 186 Å². The van der Waals surface area contributed by atoms with Crippen LogP contribution in [0.15, 0.2) is 51.5 Å². The number of aromatic nitrogens is 1. The highest BCUT2D eigenvalue weighted by Gasteiger charge is 2.36. The molecule has 0 bridgehead atoms. The van der Waals surface area contributed by atoms with E-state index in [1.165, 1.54) is 0 Å². The summed E-state index contributed by atoms with van der Waals surface area (Å²) in [6.07, 6.45) is 0. The average Bonchev–Trinajstić information content (AvgIpc) is 3.35. The van der Waals surface area contributed by atoms with Gasteiger partial charge in [0.1, 0.15) is 28.1 Å². The molecule has 3 aromatic rings. The number of nitrogens with zero attached hydrogens (tertiary/aromatic N) is 2. The van der Waals surface area contributed by atoms with E-state index in [2.05, 4.69) is 21.1 Å². The molecule has 1 aliphatic heterocycles. The van der Waals surface area contributed by atoms with E-state index in [-0.39, 0.29) is 11.3 Å². The molecule has 150 valence electrons. The Kier molecular flexibility index (Phi) is 5.90. The van der Waals surface area contributed by atoms with Crippen LogP contribution in [0.3, 0.4) is 0 Å². The van der Waals surface area contributed by atoms with Crippen LogP contribution in [-0.4, -0.2) is 35.4 Å². The van der Waals surface area contributed by atoms with Crippen LogP contribution in [-0.2, 0) is 0 Å². The predicted octanol–water partition coefficient (Wildman–Crippen LogP) is 5.96. The number of halogens is 2. The first kappa shape index (κ1) is 20.3. The van der Waals surface area contributed by atoms with Crippen LogP contribution in [0.5, 0.6) is 5.75 Å². The molecule has 4 rings (SSSR count). The SMILES string of the molecule is COc1ccc(Br)cc1C1SCCN1C(=O)c1c(-c2ccccc2Cl)noc1C. The highest BCUT2D eigenvalue weighted by Crippen LogP contribution is 2.44. The van der Waals surface area contributed by atoms with Crippen LogP contribution in [0.4, 0.5) is 0 Å². The molecule has 1 saturated heterocycles. The van der Waals surface area contributed by atoms with Crippen LogP contribution < -0.4 is 4.74 Å². The third kappa shape index (κ3) is 3.79. The summed E-state index contributed by atoms with van der Waals surface area (Å²) < 4.78 is 11.9. The van der Waals surface area contributed by atoms with E-state index in [4.69, 9.17) is 20.9 Å². The first-order chi connectivity index (χ1) is 14.0. The summed E-state index contributed by atoms with van der Waals surface area (Å²) in [5, 5.41) is 4.50. The minimum Gasteiger partial charge on any atom is -0.496 e. The van der Waals surface area contributed by atoms with E-state index in [1.54, 1.807) is 31.9 Å². The van der Waals surface area contributed by atoms with Gasteiger partial charge in [0.15, 0.2) is 0 Å². The Balaban J connectivity index is 1.75. The molecule has 1 unspecified atom stereocenters. The molecule has 2 aromatic carbocycles. The molecular formula is C21H18BrClN2O3S. The zero-order valence-corrected chi connectivity index (χ0v) is 19.0. The fraction of sp³-hybridized carbons (Fsp3) is 0.238. The van der Waals surface area contributed by atoms with Gasteiger partial charge in [-0.05, 0) is 31.2 Å². The molecule has 1 aromatic heterocycles. The molecule has 5 nitrogen and oxygen atoms in total. The number of benzene rings is 2. The Morgan fingerprint density at radius 2 is 2.14 bits per heavy atom. The van der Waals surface area contributed by atoms with Gasteiger partial charge in [-0.1, -0.05) is 50.9 Å². The van der Waals surface area contributed by atoms with Crippen molar-refractivity contribution >= 4 is 45.2 Å². The summed E-state index contributed by atoms with van der Waals surface area (Å²) in [5.41, 5.74) is 2.54. The summed E-state index contributed by atoms with van der Waals surface area (Å²) in [4.78, 5) is 15.5. The van der Waals surface area contributed by atoms with Gasteiger partial charge in [0, 0.05) is 27.9 Å². The molecule has 1 fully saturated rings. The molecule has 1 atom stereocenters. The van der Waals surface area contributed by atoms with Gasteiger partial charge in [0.2, 0.25) is 0 Å². The smallest absolute Gasteiger partial charge is 0.260 e. The van der Waals surface area contributed by atoms with E-state index < -0.39 is 0 Å². The summed E-state index contributed by atoms with van der Waals surface area (Å²) in [6.45, 7) is 2.37. The summed E-state index contributed by atoms with van der Waals surface area (Å²) in [6, 6.07) is 13.1. The summed E-state index contributed by atoms with van der Waals surface area (Å²) >= 11 is 11.6. The molecule has 8 heteroatoms. The molecular weight excluding hydrogens is 476 g/mol. The second-order valence-corrected chi connectivity index (χ2v) is 9.06. The van der Waals surface area contributed by atoms with Gasteiger partial charge in [0.25, 0.3) is 5.91 Å². The molecule has 1 aliphatic rings. The van der Waals surface area contributed by atoms with Crippen molar-refractivity contribution in [2.75, 3.05) is 19.4 Å². The topological polar surface area (TPSA) is 55.6 Å². The fourth-order valence-corrected chi connectivity index (χ4v) is 5.31. The van der Waals surface area contributed by atoms with Crippen molar-refractivity contribution in [3.05, 3.63) is 68.8 Å². The minimum atomic E-state index is -0.164. The fourth-order valence-electron chi connectivity index (χ4n) is 3.44. The molecule has 1 amide bonds. The first-order valence-corrected chi connectivity index (χ1v) is 11.2. The Bertz CT molecular complexity index is 1070. The Morgan fingerprint density at radius 3 is 2.90 bits per heavy atom. The van der Waals surface area contributed by atoms with Gasteiger partial charge >= 0.3 is 0 Å². The number of ether oxygens (including phenoxy) is 1. The summed E-state index contributed by atoms with van der Waals surface area (Å²) in [5.74, 6) is 1.92. The highest BCUT2D eigenvalue weighted by atomic mass is 79.9. The van der Waals surface area contributed by atoms with Crippen molar-refractivity contribution < 1.29 is 14.1 Å². The lowest BCUT2D eigenvalue weighted by atomic mass is 10.0. The van der Waals surface area contributed by atoms with Gasteiger partial charge < -0.3 is 14.2 Å². The molecule has 0 radical (unpaired) electrons. The zero-order valence-electron chi connectivity index (χ0n) is 15.8. The number of aryl methyl sites for hydroxylation is 1. The van der Waals surface area contributed by atoms with Gasteiger partial charge in [-0.25, -0.2) is 0 Å². The van der Waals surface area contributed by atoms with Gasteiger partial charge in [0.05, 0.1) is 12.1 Å². The number of carbonyl (C=O) groups is 1. The van der Waals surface area contributed by atoms with Crippen molar-refractivity contribution in [3.63, 3.8) is 0 Å². The lowest BCUT2D eigenvalue weighted by Crippen LogP contribution is -2.31. The standard InChI is InChI=1S/C21H18BrClN2O3S/c1-12-18(19(24-28-12)14-5-3-4-6-16(14)23)20(26)25-9-10-29-21(25)15-11-13(22)7-8-17(15)27-2/h3-8,11,21H,9-10H2,1-2H3. The largest absolute Gasteiger partial charge is 0.496 e. The van der Waals surface area contributed by atoms with Crippen molar-refractivity contribution in [1.82, 2.24) is 10.1 Å². The van der Waals surface area contributed by atoms with Crippen LogP contribution in [0.2, 0.25) is 5.02 Å². The van der Waals surface area contributed by atoms with Crippen molar-refractivity contribution in [1.29, 1.82) is 0 Å². The maximum Gasteiger partial charge on any atom is 0.260 e. The van der Waals surface area contributed by atoms with E-state index in [0.717, 1.165) is 21.5 Å². The third-order valence-electron chi connectivity index (χ3n) is 4.82. The number of carbonyl (C=O) groups excluding carboxylic acids is 1. The molecule has 2 heterocycles. The predicted molar refractivity (Wildman–Crippen MR) is 119 cm³/mol. The van der Waals surface area contributed by atoms with Crippen molar-refractivity contribution in [2.24, 2.45) is 0 Å². The van der Waals surface area contributed by atoms with E-state index >= 15 is 0 Å². The number of amides is 1. The Morgan fingerprint density at radius 1 is 1.34 bits per heavy atom. The highest BCUT2D eigenvalue weighted by molar-refractivity contribution is 9.10. The maximum atomic E-state index is 13.6. The second-order valence-electron chi connectivity index (χ2n) is 6.55. The first-order valence-electron chi connectivity index (χ1n) is 8.98. The number of hydrogen-bond acceptors (Lipinski definition) is 5. The molecule has 29 heavy (non-hydrogen) atoms. The molecule has 0 N–H and O–H groups in total. The summed E-state index contributed by atoms with van der Waals surface area (Å²) in [7, 11) is 1.64. The lowest BCUT2D eigenvalue weighted by Gasteiger charge is -2.25. The molecule has 0 spiro atoms. The molecule has 0 saturated carbocycles. The normalized spacial score (nSPS) is 16.3. The number of methoxy groups -OCH3 is 1. The minimum absolute atomic E-state index is 0.129. The van der Waals surface area contributed by atoms with Crippen LogP contribution in [0, 0.1) is 6.92 Å². The maximum absolute atomic E-state index is 13.6. The molecule has 0 aliphatic carbocycles. The van der Waals surface area contributed by atoms with E-state index in [1.807, 2.05) is 41.3 Å². The van der Waals surface area contributed by atoms with Crippen molar-refractivity contribution in [3.8, 4) is 17.0 Å². The van der Waals surface area contributed by atoms with E-state index in [0.29, 0.717) is 34.1 Å². The van der Waals surface area contributed by atoms with E-state index in [9.17, 15) is 4.79 Å². The van der Waals surface area contributed by atoms with Crippen LogP contribution in [0.1, 0.15) is 27.1 Å². The lowest BCUT2D eigenvalue weighted by molar-refractivity contribution is 0.0758. The van der Waals surface area contributed by atoms with Crippen molar-refractivity contribution in [2.45, 2.75) is 12.3 Å². The number of hydrogen-bond donors (Lipinski definition) is 0. The van der Waals surface area contributed by atoms with Crippen LogP contribution >= 0.6 is 39.3 Å². The Hall–Kier alpha value is -1.96. The average molecular weight is 494 g/mol. The number of thioether (sulfide) groups is 1. The second kappa shape index (κ2) is 8.42. The van der Waals surface area contributed by atoms with Crippen LogP contribution in [0.25, 0.3) is 11.3 Å². The van der Waals surface area contributed by atoms with Gasteiger partial charge in [-0.15, -0.1) is 11.8 Å². The van der Waals surface area contributed by atoms with Gasteiger partial charge in [-0.3, -0.25) is 4.79 Å². The quantitative estimate of drug-likeness (QED) is 0.449. The zero-order chi connectivity index (χ0) is 20.5. The third-order valence-corrected chi connectivity index (χ3v) is 6.88. The van der Waals surface area contributed by atoms with Gasteiger partial charge in [-0.2, -0.15) is 0 Å².